The Kier molecular flexibility index (Phi) is 6.36. The van der Waals surface area contributed by atoms with Crippen molar-refractivity contribution in [1.82, 2.24) is 5.32 Å². The predicted octanol–water partition coefficient (Wildman–Crippen LogP) is 0.450. The fraction of sp³-hybridized carbons (Fsp3) is 0.533. The second-order valence-corrected chi connectivity index (χ2v) is 5.32. The van der Waals surface area contributed by atoms with Gasteiger partial charge in [-0.2, -0.15) is 0 Å². The minimum Gasteiger partial charge on any atom is -0.484 e. The zero-order valence-electron chi connectivity index (χ0n) is 12.3. The summed E-state index contributed by atoms with van der Waals surface area (Å²) in [7, 11) is 4.11. The van der Waals surface area contributed by atoms with Gasteiger partial charge in [0.25, 0.3) is 5.91 Å². The number of hydrogen-bond acceptors (Lipinski definition) is 2. The van der Waals surface area contributed by atoms with Crippen molar-refractivity contribution in [3.8, 4) is 5.75 Å². The molecule has 0 unspecified atom stereocenters. The first-order valence-corrected chi connectivity index (χ1v) is 6.77. The van der Waals surface area contributed by atoms with Crippen molar-refractivity contribution in [2.45, 2.75) is 19.8 Å². The largest absolute Gasteiger partial charge is 0.484 e. The molecule has 1 aromatic carbocycles. The fourth-order valence-electron chi connectivity index (χ4n) is 1.60. The maximum atomic E-state index is 11.5. The van der Waals surface area contributed by atoms with Crippen molar-refractivity contribution in [2.75, 3.05) is 33.8 Å². The summed E-state index contributed by atoms with van der Waals surface area (Å²) in [6.45, 7) is 5.96. The second kappa shape index (κ2) is 7.79. The van der Waals surface area contributed by atoms with Gasteiger partial charge in [-0.25, -0.2) is 0 Å². The van der Waals surface area contributed by atoms with E-state index >= 15 is 0 Å². The molecule has 2 N–H and O–H groups in total. The van der Waals surface area contributed by atoms with Crippen LogP contribution in [0.3, 0.4) is 0 Å². The molecule has 0 aliphatic rings. The minimum atomic E-state index is -0.0748. The minimum absolute atomic E-state index is 0.0732. The van der Waals surface area contributed by atoms with Crippen LogP contribution in [0.1, 0.15) is 25.3 Å². The van der Waals surface area contributed by atoms with Gasteiger partial charge in [-0.3, -0.25) is 4.79 Å². The molecule has 0 aliphatic carbocycles. The molecule has 0 saturated carbocycles. The highest BCUT2D eigenvalue weighted by atomic mass is 16.5. The third-order valence-electron chi connectivity index (χ3n) is 2.86. The molecular weight excluding hydrogens is 240 g/mol. The summed E-state index contributed by atoms with van der Waals surface area (Å²) >= 11 is 0. The van der Waals surface area contributed by atoms with Crippen molar-refractivity contribution < 1.29 is 14.4 Å². The van der Waals surface area contributed by atoms with Gasteiger partial charge in [-0.1, -0.05) is 26.0 Å². The lowest BCUT2D eigenvalue weighted by Gasteiger charge is -2.10. The smallest absolute Gasteiger partial charge is 0.258 e. The number of carbonyl (C=O) groups is 1. The van der Waals surface area contributed by atoms with E-state index in [0.717, 1.165) is 12.3 Å². The zero-order chi connectivity index (χ0) is 14.3. The summed E-state index contributed by atoms with van der Waals surface area (Å²) in [6, 6.07) is 7.89. The number of nitrogens with one attached hydrogen (secondary N) is 2. The first-order chi connectivity index (χ1) is 8.99. The Balaban J connectivity index is 2.30. The van der Waals surface area contributed by atoms with Crippen molar-refractivity contribution in [3.63, 3.8) is 0 Å². The lowest BCUT2D eigenvalue weighted by molar-refractivity contribution is -0.856. The molecular formula is C15H25N2O2+. The Bertz CT molecular complexity index is 386. The van der Waals surface area contributed by atoms with Crippen LogP contribution >= 0.6 is 0 Å². The normalized spacial score (nSPS) is 10.8. The van der Waals surface area contributed by atoms with E-state index in [9.17, 15) is 4.79 Å². The molecule has 1 amide bonds. The molecule has 0 spiro atoms. The fourth-order valence-corrected chi connectivity index (χ4v) is 1.60. The van der Waals surface area contributed by atoms with Gasteiger partial charge in [0.1, 0.15) is 5.75 Å². The molecule has 1 rings (SSSR count). The molecule has 0 aromatic heterocycles. The number of hydrogen-bond donors (Lipinski definition) is 2. The summed E-state index contributed by atoms with van der Waals surface area (Å²) in [5, 5.41) is 2.83. The molecule has 0 atom stereocenters. The molecule has 0 radical (unpaired) electrons. The zero-order valence-corrected chi connectivity index (χ0v) is 12.3. The van der Waals surface area contributed by atoms with Crippen LogP contribution in [-0.2, 0) is 4.79 Å². The van der Waals surface area contributed by atoms with Crippen LogP contribution < -0.4 is 15.0 Å². The number of quaternary nitrogens is 1. The molecule has 0 aliphatic heterocycles. The van der Waals surface area contributed by atoms with E-state index in [1.165, 1.54) is 10.5 Å². The number of likely N-dealkylation sites (N-methyl/N-ethyl adjacent to an activating group) is 1. The molecule has 1 aromatic rings. The van der Waals surface area contributed by atoms with Crippen LogP contribution in [0.4, 0.5) is 0 Å². The Hall–Kier alpha value is -1.55. The van der Waals surface area contributed by atoms with Gasteiger partial charge >= 0.3 is 0 Å². The monoisotopic (exact) mass is 265 g/mol. The SMILES string of the molecule is CC(C)c1ccc(OCC(=O)NCC[NH+](C)C)cc1. The lowest BCUT2D eigenvalue weighted by atomic mass is 10.0. The molecule has 0 saturated heterocycles. The summed E-state index contributed by atoms with van der Waals surface area (Å²) in [5.41, 5.74) is 1.27. The summed E-state index contributed by atoms with van der Waals surface area (Å²) in [6.07, 6.45) is 0. The summed E-state index contributed by atoms with van der Waals surface area (Å²) in [5.74, 6) is 1.16. The molecule has 106 valence electrons. The first-order valence-electron chi connectivity index (χ1n) is 6.77. The molecule has 4 nitrogen and oxygen atoms in total. The molecule has 0 heterocycles. The number of ether oxygens (including phenoxy) is 1. The Morgan fingerprint density at radius 1 is 1.26 bits per heavy atom. The maximum absolute atomic E-state index is 11.5. The van der Waals surface area contributed by atoms with Gasteiger partial charge in [0, 0.05) is 0 Å². The predicted molar refractivity (Wildman–Crippen MR) is 76.7 cm³/mol. The quantitative estimate of drug-likeness (QED) is 0.752. The van der Waals surface area contributed by atoms with Crippen LogP contribution in [0, 0.1) is 0 Å². The molecule has 0 bridgehead atoms. The Morgan fingerprint density at radius 2 is 1.89 bits per heavy atom. The van der Waals surface area contributed by atoms with Gasteiger partial charge in [0.05, 0.1) is 27.2 Å². The van der Waals surface area contributed by atoms with Crippen LogP contribution in [0.2, 0.25) is 0 Å². The van der Waals surface area contributed by atoms with Crippen LogP contribution in [0.5, 0.6) is 5.75 Å². The van der Waals surface area contributed by atoms with Gasteiger partial charge < -0.3 is 15.0 Å². The van der Waals surface area contributed by atoms with E-state index in [2.05, 4.69) is 33.3 Å². The van der Waals surface area contributed by atoms with Crippen molar-refractivity contribution in [3.05, 3.63) is 29.8 Å². The highest BCUT2D eigenvalue weighted by molar-refractivity contribution is 5.77. The van der Waals surface area contributed by atoms with E-state index in [1.807, 2.05) is 24.3 Å². The van der Waals surface area contributed by atoms with E-state index in [-0.39, 0.29) is 12.5 Å². The third kappa shape index (κ3) is 6.25. The number of carbonyl (C=O) groups excluding carboxylic acids is 1. The summed E-state index contributed by atoms with van der Waals surface area (Å²) < 4.78 is 5.44. The molecule has 4 heteroatoms. The van der Waals surface area contributed by atoms with Gasteiger partial charge in [-0.15, -0.1) is 0 Å². The van der Waals surface area contributed by atoms with Crippen molar-refractivity contribution in [1.29, 1.82) is 0 Å². The third-order valence-corrected chi connectivity index (χ3v) is 2.86. The maximum Gasteiger partial charge on any atom is 0.258 e. The van der Waals surface area contributed by atoms with E-state index in [1.54, 1.807) is 0 Å². The van der Waals surface area contributed by atoms with Crippen LogP contribution in [0.15, 0.2) is 24.3 Å². The van der Waals surface area contributed by atoms with E-state index in [4.69, 9.17) is 4.74 Å². The Labute approximate surface area is 115 Å². The van der Waals surface area contributed by atoms with Crippen LogP contribution in [0.25, 0.3) is 0 Å². The average Bonchev–Trinajstić information content (AvgIpc) is 2.36. The summed E-state index contributed by atoms with van der Waals surface area (Å²) in [4.78, 5) is 12.8. The van der Waals surface area contributed by atoms with Crippen molar-refractivity contribution in [2.24, 2.45) is 0 Å². The topological polar surface area (TPSA) is 42.8 Å². The van der Waals surface area contributed by atoms with E-state index < -0.39 is 0 Å². The number of rotatable bonds is 7. The number of benzene rings is 1. The Morgan fingerprint density at radius 3 is 2.42 bits per heavy atom. The van der Waals surface area contributed by atoms with Gasteiger partial charge in [-0.05, 0) is 23.6 Å². The average molecular weight is 265 g/mol. The lowest BCUT2D eigenvalue weighted by Crippen LogP contribution is -3.06. The molecule has 19 heavy (non-hydrogen) atoms. The van der Waals surface area contributed by atoms with Crippen LogP contribution in [-0.4, -0.2) is 39.7 Å². The highest BCUT2D eigenvalue weighted by Gasteiger charge is 2.04. The van der Waals surface area contributed by atoms with Crippen molar-refractivity contribution >= 4 is 5.91 Å². The standard InChI is InChI=1S/C15H24N2O2/c1-12(2)13-5-7-14(8-6-13)19-11-15(18)16-9-10-17(3)4/h5-8,12H,9-11H2,1-4H3,(H,16,18)/p+1. The highest BCUT2D eigenvalue weighted by Crippen LogP contribution is 2.18. The molecule has 0 fully saturated rings. The van der Waals surface area contributed by atoms with Gasteiger partial charge in [0.2, 0.25) is 0 Å². The first kappa shape index (κ1) is 15.5. The number of amides is 1. The van der Waals surface area contributed by atoms with E-state index in [0.29, 0.717) is 12.5 Å². The second-order valence-electron chi connectivity index (χ2n) is 5.32. The van der Waals surface area contributed by atoms with Gasteiger partial charge in [0.15, 0.2) is 6.61 Å².